The Morgan fingerprint density at radius 2 is 2.00 bits per heavy atom. The van der Waals surface area contributed by atoms with E-state index in [2.05, 4.69) is 25.4 Å². The number of H-pyrrole nitrogens is 1. The molecule has 3 aliphatic carbocycles. The van der Waals surface area contributed by atoms with Crippen LogP contribution in [-0.4, -0.2) is 48.3 Å². The van der Waals surface area contributed by atoms with Crippen LogP contribution >= 0.6 is 0 Å². The zero-order valence-corrected chi connectivity index (χ0v) is 17.5. The van der Waals surface area contributed by atoms with Gasteiger partial charge in [-0.1, -0.05) is 0 Å². The number of aryl methyl sites for hydroxylation is 1. The van der Waals surface area contributed by atoms with Gasteiger partial charge in [-0.15, -0.1) is 0 Å². The molecule has 0 radical (unpaired) electrons. The monoisotopic (exact) mass is 435 g/mol. The molecule has 32 heavy (non-hydrogen) atoms. The molecule has 10 heteroatoms. The first kappa shape index (κ1) is 19.1. The lowest BCUT2D eigenvalue weighted by Gasteiger charge is -2.47. The fourth-order valence-electron chi connectivity index (χ4n) is 5.45. The molecule has 4 heterocycles. The summed E-state index contributed by atoms with van der Waals surface area (Å²) in [6.07, 6.45) is 8.92. The normalized spacial score (nSPS) is 24.8. The van der Waals surface area contributed by atoms with Crippen LogP contribution < -0.4 is 5.32 Å². The number of fused-ring (bicyclic) bond motifs is 5. The quantitative estimate of drug-likeness (QED) is 0.463. The van der Waals surface area contributed by atoms with Crippen molar-refractivity contribution >= 4 is 34.4 Å². The summed E-state index contributed by atoms with van der Waals surface area (Å²) in [5.74, 6) is 1.55. The molecule has 0 saturated heterocycles. The van der Waals surface area contributed by atoms with Crippen LogP contribution in [0.3, 0.4) is 0 Å². The van der Waals surface area contributed by atoms with E-state index in [1.807, 2.05) is 7.05 Å². The minimum atomic E-state index is -0.416. The van der Waals surface area contributed by atoms with E-state index in [-0.39, 0.29) is 12.1 Å². The van der Waals surface area contributed by atoms with Gasteiger partial charge in [0.1, 0.15) is 17.6 Å². The maximum absolute atomic E-state index is 13.7. The number of anilines is 1. The van der Waals surface area contributed by atoms with Gasteiger partial charge in [0.2, 0.25) is 0 Å². The van der Waals surface area contributed by atoms with Gasteiger partial charge in [0, 0.05) is 30.4 Å². The third-order valence-corrected chi connectivity index (χ3v) is 6.98. The number of pyridine rings is 1. The first-order chi connectivity index (χ1) is 15.6. The first-order valence-corrected chi connectivity index (χ1v) is 10.8. The lowest BCUT2D eigenvalue weighted by Crippen LogP contribution is -2.53. The van der Waals surface area contributed by atoms with Gasteiger partial charge in [-0.05, 0) is 43.6 Å². The van der Waals surface area contributed by atoms with Crippen LogP contribution in [0.15, 0.2) is 24.7 Å². The van der Waals surface area contributed by atoms with E-state index in [9.17, 15) is 9.18 Å². The van der Waals surface area contributed by atoms with Gasteiger partial charge < -0.3 is 15.0 Å². The van der Waals surface area contributed by atoms with Crippen LogP contribution in [-0.2, 0) is 16.6 Å². The van der Waals surface area contributed by atoms with Crippen molar-refractivity contribution in [2.45, 2.75) is 37.8 Å². The first-order valence-electron chi connectivity index (χ1n) is 10.8. The fourth-order valence-corrected chi connectivity index (χ4v) is 5.45. The van der Waals surface area contributed by atoms with Gasteiger partial charge in [-0.3, -0.25) is 4.79 Å². The number of carbonyl (C=O) groups is 1. The number of nitrogens with one attached hydrogen (secondary N) is 2. The summed E-state index contributed by atoms with van der Waals surface area (Å²) in [4.78, 5) is 27.5. The molecule has 0 unspecified atom stereocenters. The number of carbonyl (C=O) groups excluding carboxylic acids is 1. The number of hydrogen-bond donors (Lipinski definition) is 2. The van der Waals surface area contributed by atoms with Crippen molar-refractivity contribution in [3.63, 3.8) is 0 Å². The number of aromatic nitrogens is 6. The standard InChI is InChI=1S/C22H22FN7O2/c1-30-22-16(9-26-20(28-22)15-8-25-19-14(15)6-13(23)7-24-19)21(29-30)27-17-11-2-4-12(5-3-11)18(17)32-10-31/h6-12,17-18H,2-5H2,1H3,(H,24,25)(H,27,29)/t11?,12?,17-,18-/m0/s1. The van der Waals surface area contributed by atoms with E-state index in [1.165, 1.54) is 12.3 Å². The SMILES string of the molecule is Cn1nc(N[C@H]2C3CCC(CC3)[C@@H]2OC=O)c2cnc(-c3c[nH]c4ncc(F)cc34)nc21. The highest BCUT2D eigenvalue weighted by Crippen LogP contribution is 2.44. The topological polar surface area (TPSA) is 111 Å². The summed E-state index contributed by atoms with van der Waals surface area (Å²) in [5.41, 5.74) is 1.91. The van der Waals surface area contributed by atoms with Crippen molar-refractivity contribution < 1.29 is 13.9 Å². The molecule has 2 bridgehead atoms. The molecular weight excluding hydrogens is 413 g/mol. The summed E-state index contributed by atoms with van der Waals surface area (Å²) in [6.45, 7) is 0.560. The maximum atomic E-state index is 13.7. The summed E-state index contributed by atoms with van der Waals surface area (Å²) in [7, 11) is 1.83. The number of ether oxygens (including phenoxy) is 1. The van der Waals surface area contributed by atoms with E-state index in [1.54, 1.807) is 17.1 Å². The van der Waals surface area contributed by atoms with Crippen LogP contribution in [0, 0.1) is 17.7 Å². The maximum Gasteiger partial charge on any atom is 0.293 e. The Kier molecular flexibility index (Phi) is 4.34. The third kappa shape index (κ3) is 2.93. The summed E-state index contributed by atoms with van der Waals surface area (Å²) < 4.78 is 20.9. The molecule has 0 amide bonds. The molecule has 4 aromatic rings. The molecule has 0 spiro atoms. The zero-order valence-electron chi connectivity index (χ0n) is 17.5. The lowest BCUT2D eigenvalue weighted by molar-refractivity contribution is -0.142. The van der Waals surface area contributed by atoms with Gasteiger partial charge in [0.25, 0.3) is 6.47 Å². The second-order valence-electron chi connectivity index (χ2n) is 8.70. The summed E-state index contributed by atoms with van der Waals surface area (Å²) in [6, 6.07) is 1.44. The van der Waals surface area contributed by atoms with Crippen molar-refractivity contribution in [2.24, 2.45) is 18.9 Å². The van der Waals surface area contributed by atoms with Crippen LogP contribution in [0.4, 0.5) is 10.2 Å². The predicted octanol–water partition coefficient (Wildman–Crippen LogP) is 3.19. The van der Waals surface area contributed by atoms with E-state index in [0.29, 0.717) is 52.2 Å². The molecule has 2 N–H and O–H groups in total. The molecule has 4 aromatic heterocycles. The van der Waals surface area contributed by atoms with Crippen LogP contribution in [0.1, 0.15) is 25.7 Å². The predicted molar refractivity (Wildman–Crippen MR) is 115 cm³/mol. The number of rotatable bonds is 5. The Balaban J connectivity index is 1.37. The number of aromatic amines is 1. The van der Waals surface area contributed by atoms with Gasteiger partial charge in [0.15, 0.2) is 17.3 Å². The Labute approximate surface area is 182 Å². The Morgan fingerprint density at radius 1 is 1.19 bits per heavy atom. The van der Waals surface area contributed by atoms with Crippen molar-refractivity contribution in [1.82, 2.24) is 29.7 Å². The largest absolute Gasteiger partial charge is 0.462 e. The molecular formula is C22H22FN7O2. The average molecular weight is 435 g/mol. The average Bonchev–Trinajstić information content (AvgIpc) is 3.36. The van der Waals surface area contributed by atoms with Crippen molar-refractivity contribution in [3.05, 3.63) is 30.5 Å². The highest BCUT2D eigenvalue weighted by molar-refractivity contribution is 5.94. The molecule has 3 aliphatic rings. The Bertz CT molecular complexity index is 1320. The third-order valence-electron chi connectivity index (χ3n) is 6.98. The number of halogens is 1. The molecule has 0 aromatic carbocycles. The van der Waals surface area contributed by atoms with E-state index >= 15 is 0 Å². The molecule has 2 atom stereocenters. The van der Waals surface area contributed by atoms with Gasteiger partial charge in [0.05, 0.1) is 17.6 Å². The van der Waals surface area contributed by atoms with Crippen LogP contribution in [0.2, 0.25) is 0 Å². The summed E-state index contributed by atoms with van der Waals surface area (Å²) >= 11 is 0. The minimum absolute atomic E-state index is 0.0214. The molecule has 7 rings (SSSR count). The van der Waals surface area contributed by atoms with Crippen LogP contribution in [0.5, 0.6) is 0 Å². The van der Waals surface area contributed by atoms with Crippen molar-refractivity contribution in [1.29, 1.82) is 0 Å². The van der Waals surface area contributed by atoms with Gasteiger partial charge in [-0.25, -0.2) is 24.0 Å². The highest BCUT2D eigenvalue weighted by atomic mass is 19.1. The second kappa shape index (κ2) is 7.25. The molecule has 3 saturated carbocycles. The van der Waals surface area contributed by atoms with Crippen molar-refractivity contribution in [3.8, 4) is 11.4 Å². The van der Waals surface area contributed by atoms with Gasteiger partial charge in [-0.2, -0.15) is 5.10 Å². The smallest absolute Gasteiger partial charge is 0.293 e. The molecule has 3 fully saturated rings. The van der Waals surface area contributed by atoms with Gasteiger partial charge >= 0.3 is 0 Å². The minimum Gasteiger partial charge on any atom is -0.462 e. The molecule has 0 aliphatic heterocycles. The van der Waals surface area contributed by atoms with E-state index < -0.39 is 5.82 Å². The number of hydrogen-bond acceptors (Lipinski definition) is 7. The summed E-state index contributed by atoms with van der Waals surface area (Å²) in [5, 5.41) is 9.59. The molecule has 9 nitrogen and oxygen atoms in total. The highest BCUT2D eigenvalue weighted by Gasteiger charge is 2.45. The van der Waals surface area contributed by atoms with Crippen molar-refractivity contribution in [2.75, 3.05) is 5.32 Å². The molecule has 164 valence electrons. The lowest BCUT2D eigenvalue weighted by atomic mass is 9.66. The van der Waals surface area contributed by atoms with E-state index in [4.69, 9.17) is 9.72 Å². The zero-order chi connectivity index (χ0) is 21.8. The Hall–Kier alpha value is -3.56. The number of nitrogens with zero attached hydrogens (tertiary/aromatic N) is 5. The van der Waals surface area contributed by atoms with Crippen LogP contribution in [0.25, 0.3) is 33.5 Å². The second-order valence-corrected chi connectivity index (χ2v) is 8.70. The Morgan fingerprint density at radius 3 is 2.81 bits per heavy atom. The fraction of sp³-hybridized carbons (Fsp3) is 0.409. The van der Waals surface area contributed by atoms with E-state index in [0.717, 1.165) is 31.1 Å².